The largest absolute Gasteiger partial charge is 0.399 e. The van der Waals surface area contributed by atoms with Crippen molar-refractivity contribution in [2.45, 2.75) is 52.1 Å². The van der Waals surface area contributed by atoms with Crippen molar-refractivity contribution in [3.05, 3.63) is 0 Å². The Kier molecular flexibility index (Phi) is 12.4. The van der Waals surface area contributed by atoms with Crippen LogP contribution >= 0.6 is 31.1 Å². The van der Waals surface area contributed by atoms with Crippen molar-refractivity contribution in [2.24, 2.45) is 0 Å². The summed E-state index contributed by atoms with van der Waals surface area (Å²) in [6.07, 6.45) is 2.20. The molecular weight excluding hydrogens is 381 g/mol. The molecule has 0 amide bonds. The predicted octanol–water partition coefficient (Wildman–Crippen LogP) is 4.95. The highest BCUT2D eigenvalue weighted by Gasteiger charge is 2.49. The van der Waals surface area contributed by atoms with E-state index in [0.29, 0.717) is 32.6 Å². The minimum absolute atomic E-state index is 0.0639. The molecule has 0 saturated heterocycles. The van der Waals surface area contributed by atoms with Gasteiger partial charge in [0.15, 0.2) is 10.2 Å². The second-order valence-corrected chi connectivity index (χ2v) is 9.55. The van der Waals surface area contributed by atoms with Gasteiger partial charge < -0.3 is 9.05 Å². The summed E-state index contributed by atoms with van der Waals surface area (Å²) in [4.78, 5) is 22.6. The molecule has 0 radical (unpaired) electrons. The molecule has 5 nitrogen and oxygen atoms in total. The third-order valence-electron chi connectivity index (χ3n) is 2.60. The fourth-order valence-electron chi connectivity index (χ4n) is 1.44. The monoisotopic (exact) mass is 406 g/mol. The van der Waals surface area contributed by atoms with Crippen molar-refractivity contribution in [2.75, 3.05) is 24.7 Å². The molecule has 0 unspecified atom stereocenters. The van der Waals surface area contributed by atoms with E-state index in [9.17, 15) is 22.9 Å². The fraction of sp³-hybridized carbons (Fsp3) is 0.857. The predicted molar refractivity (Wildman–Crippen MR) is 94.9 cm³/mol. The summed E-state index contributed by atoms with van der Waals surface area (Å²) in [5.41, 5.74) is -3.65. The molecule has 0 saturated carbocycles. The highest BCUT2D eigenvalue weighted by Crippen LogP contribution is 2.61. The van der Waals surface area contributed by atoms with E-state index >= 15 is 0 Å². The van der Waals surface area contributed by atoms with Gasteiger partial charge in [0, 0.05) is 31.3 Å². The van der Waals surface area contributed by atoms with Gasteiger partial charge in [0.05, 0.1) is 13.2 Å². The zero-order valence-corrected chi connectivity index (χ0v) is 16.7. The third kappa shape index (κ3) is 10.1. The molecule has 0 aliphatic heterocycles. The highest BCUT2D eigenvalue weighted by atomic mass is 32.2. The van der Waals surface area contributed by atoms with Gasteiger partial charge in [0.25, 0.3) is 0 Å². The number of rotatable bonds is 13. The number of carbonyl (C=O) groups excluding carboxylic acids is 2. The zero-order valence-electron chi connectivity index (χ0n) is 14.2. The van der Waals surface area contributed by atoms with Crippen LogP contribution in [0.4, 0.5) is 8.78 Å². The maximum absolute atomic E-state index is 13.5. The van der Waals surface area contributed by atoms with Crippen LogP contribution in [0.3, 0.4) is 0 Å². The summed E-state index contributed by atoms with van der Waals surface area (Å²) in [5.74, 6) is 0.262. The average molecular weight is 406 g/mol. The van der Waals surface area contributed by atoms with Gasteiger partial charge in [-0.15, -0.1) is 0 Å². The number of alkyl halides is 2. The third-order valence-corrected chi connectivity index (χ3v) is 6.40. The zero-order chi connectivity index (χ0) is 18.6. The Bertz CT molecular complexity index is 413. The van der Waals surface area contributed by atoms with Crippen molar-refractivity contribution in [3.8, 4) is 0 Å². The molecule has 0 aromatic rings. The van der Waals surface area contributed by atoms with Gasteiger partial charge >= 0.3 is 13.3 Å². The molecule has 24 heavy (non-hydrogen) atoms. The van der Waals surface area contributed by atoms with Gasteiger partial charge in [-0.2, -0.15) is 8.78 Å². The normalized spacial score (nSPS) is 12.4. The second-order valence-electron chi connectivity index (χ2n) is 4.95. The van der Waals surface area contributed by atoms with Crippen molar-refractivity contribution in [1.82, 2.24) is 0 Å². The highest BCUT2D eigenvalue weighted by molar-refractivity contribution is 8.13. The summed E-state index contributed by atoms with van der Waals surface area (Å²) in [6, 6.07) is 0. The molecular formula is C14H25F2O5PS2. The van der Waals surface area contributed by atoms with Gasteiger partial charge in [0.1, 0.15) is 0 Å². The number of carbonyl (C=O) groups is 2. The molecule has 0 aliphatic rings. The molecule has 0 spiro atoms. The lowest BCUT2D eigenvalue weighted by Gasteiger charge is -2.23. The van der Waals surface area contributed by atoms with Gasteiger partial charge in [-0.1, -0.05) is 37.4 Å². The molecule has 0 aliphatic carbocycles. The van der Waals surface area contributed by atoms with Crippen molar-refractivity contribution in [3.63, 3.8) is 0 Å². The molecule has 0 atom stereocenters. The SMILES string of the molecule is CCCC(=O)SCCOP(=O)(OCCSC(=O)CCC)C(C)(F)F. The van der Waals surface area contributed by atoms with Gasteiger partial charge in [-0.25, -0.2) is 0 Å². The summed E-state index contributed by atoms with van der Waals surface area (Å²) in [6.45, 7) is 3.64. The Morgan fingerprint density at radius 1 is 0.958 bits per heavy atom. The minimum Gasteiger partial charge on any atom is -0.304 e. The van der Waals surface area contributed by atoms with Crippen LogP contribution in [-0.4, -0.2) is 40.6 Å². The summed E-state index contributed by atoms with van der Waals surface area (Å²) < 4.78 is 48.8. The van der Waals surface area contributed by atoms with E-state index < -0.39 is 13.3 Å². The molecule has 0 heterocycles. The van der Waals surface area contributed by atoms with Crippen LogP contribution in [0.25, 0.3) is 0 Å². The molecule has 0 bridgehead atoms. The summed E-state index contributed by atoms with van der Waals surface area (Å²) in [5, 5.41) is -0.128. The number of thioether (sulfide) groups is 2. The van der Waals surface area contributed by atoms with E-state index in [1.54, 1.807) is 0 Å². The van der Waals surface area contributed by atoms with Gasteiger partial charge in [-0.05, 0) is 12.8 Å². The van der Waals surface area contributed by atoms with Gasteiger partial charge in [0.2, 0.25) is 0 Å². The maximum atomic E-state index is 13.5. The Morgan fingerprint density at radius 2 is 1.33 bits per heavy atom. The first-order valence-corrected chi connectivity index (χ1v) is 11.3. The molecule has 0 fully saturated rings. The minimum atomic E-state index is -4.64. The van der Waals surface area contributed by atoms with E-state index in [1.165, 1.54) is 0 Å². The van der Waals surface area contributed by atoms with Crippen molar-refractivity contribution in [1.29, 1.82) is 0 Å². The van der Waals surface area contributed by atoms with Gasteiger partial charge in [-0.3, -0.25) is 14.2 Å². The van der Waals surface area contributed by atoms with E-state index in [1.807, 2.05) is 13.8 Å². The van der Waals surface area contributed by atoms with Crippen LogP contribution in [0.2, 0.25) is 0 Å². The van der Waals surface area contributed by atoms with Crippen LogP contribution in [0.1, 0.15) is 46.5 Å². The second kappa shape index (κ2) is 12.4. The lowest BCUT2D eigenvalue weighted by atomic mass is 10.4. The lowest BCUT2D eigenvalue weighted by molar-refractivity contribution is -0.111. The molecule has 0 aromatic heterocycles. The Balaban J connectivity index is 4.30. The fourth-order valence-corrected chi connectivity index (χ4v) is 4.37. The standard InChI is InChI=1S/C14H25F2O5PS2/c1-4-6-12(17)23-10-8-20-22(19,14(3,15)16)21-9-11-24-13(18)7-5-2/h4-11H2,1-3H3. The summed E-state index contributed by atoms with van der Waals surface area (Å²) in [7, 11) is -4.64. The van der Waals surface area contributed by atoms with Crippen LogP contribution in [0, 0.1) is 0 Å². The Labute approximate surface area is 150 Å². The van der Waals surface area contributed by atoms with Crippen molar-refractivity contribution >= 4 is 41.4 Å². The smallest absolute Gasteiger partial charge is 0.304 e. The van der Waals surface area contributed by atoms with Crippen LogP contribution in [0.15, 0.2) is 0 Å². The van der Waals surface area contributed by atoms with Crippen LogP contribution in [-0.2, 0) is 23.2 Å². The van der Waals surface area contributed by atoms with E-state index in [0.717, 1.165) is 23.5 Å². The molecule has 10 heteroatoms. The first-order chi connectivity index (χ1) is 11.2. The first-order valence-electron chi connectivity index (χ1n) is 7.74. The Hall–Kier alpha value is 0.0500. The quantitative estimate of drug-likeness (QED) is 0.317. The first kappa shape index (κ1) is 24.1. The molecule has 0 N–H and O–H groups in total. The molecule has 142 valence electrons. The molecule has 0 rings (SSSR count). The summed E-state index contributed by atoms with van der Waals surface area (Å²) >= 11 is 1.91. The number of hydrogen-bond acceptors (Lipinski definition) is 7. The topological polar surface area (TPSA) is 69.7 Å². The van der Waals surface area contributed by atoms with E-state index in [4.69, 9.17) is 9.05 Å². The molecule has 0 aromatic carbocycles. The van der Waals surface area contributed by atoms with E-state index in [-0.39, 0.29) is 35.0 Å². The lowest BCUT2D eigenvalue weighted by Crippen LogP contribution is -2.18. The Morgan fingerprint density at radius 3 is 1.62 bits per heavy atom. The van der Waals surface area contributed by atoms with E-state index in [2.05, 4.69) is 0 Å². The maximum Gasteiger partial charge on any atom is 0.399 e. The van der Waals surface area contributed by atoms with Crippen molar-refractivity contribution < 1.29 is 32.0 Å². The number of halogens is 2. The van der Waals surface area contributed by atoms with Crippen LogP contribution in [0.5, 0.6) is 0 Å². The number of hydrogen-bond donors (Lipinski definition) is 0. The average Bonchev–Trinajstić information content (AvgIpc) is 2.48. The van der Waals surface area contributed by atoms with Crippen LogP contribution < -0.4 is 0 Å².